The number of benzene rings is 1. The third-order valence-corrected chi connectivity index (χ3v) is 7.30. The van der Waals surface area contributed by atoms with E-state index in [0.717, 1.165) is 12.1 Å². The van der Waals surface area contributed by atoms with Gasteiger partial charge in [-0.25, -0.2) is 22.5 Å². The Morgan fingerprint density at radius 1 is 1.24 bits per heavy atom. The van der Waals surface area contributed by atoms with Crippen molar-refractivity contribution >= 4 is 38.6 Å². The van der Waals surface area contributed by atoms with E-state index in [-0.39, 0.29) is 18.4 Å². The summed E-state index contributed by atoms with van der Waals surface area (Å²) in [5.41, 5.74) is 4.92. The van der Waals surface area contributed by atoms with E-state index in [4.69, 9.17) is 5.73 Å². The van der Waals surface area contributed by atoms with Gasteiger partial charge in [0.25, 0.3) is 12.3 Å². The number of nitrogens with zero attached hydrogens (tertiary/aromatic N) is 2. The van der Waals surface area contributed by atoms with Crippen LogP contribution in [0.15, 0.2) is 57.3 Å². The van der Waals surface area contributed by atoms with E-state index in [1.807, 2.05) is 0 Å². The molecule has 5 rings (SSSR count). The maximum atomic E-state index is 14.7. The minimum atomic E-state index is -3.48. The quantitative estimate of drug-likeness (QED) is 0.325. The second kappa shape index (κ2) is 9.75. The Morgan fingerprint density at radius 3 is 2.63 bits per heavy atom. The van der Waals surface area contributed by atoms with E-state index in [1.165, 1.54) is 0 Å². The smallest absolute Gasteiger partial charge is 0.292 e. The molecule has 0 spiro atoms. The molecular formula is C25H20BrF6N5O. The first kappa shape index (κ1) is 26.3. The number of rotatable bonds is 7. The summed E-state index contributed by atoms with van der Waals surface area (Å²) in [6.45, 7) is -0.803. The van der Waals surface area contributed by atoms with Gasteiger partial charge in [0.15, 0.2) is 0 Å². The molecule has 0 unspecified atom stereocenters. The van der Waals surface area contributed by atoms with E-state index < -0.39 is 71.3 Å². The van der Waals surface area contributed by atoms with Crippen LogP contribution in [0.25, 0.3) is 11.0 Å². The van der Waals surface area contributed by atoms with Crippen molar-refractivity contribution in [1.82, 2.24) is 15.3 Å². The molecule has 2 aliphatic carbocycles. The lowest BCUT2D eigenvalue weighted by Crippen LogP contribution is -2.34. The fourth-order valence-corrected chi connectivity index (χ4v) is 5.49. The Labute approximate surface area is 220 Å². The Hall–Kier alpha value is -3.35. The molecule has 6 nitrogen and oxygen atoms in total. The van der Waals surface area contributed by atoms with E-state index >= 15 is 0 Å². The predicted molar refractivity (Wildman–Crippen MR) is 131 cm³/mol. The number of alkyl halides is 4. The lowest BCUT2D eigenvalue weighted by atomic mass is 10.0. The number of aromatic amines is 1. The monoisotopic (exact) mass is 599 g/mol. The lowest BCUT2D eigenvalue weighted by Gasteiger charge is -2.20. The van der Waals surface area contributed by atoms with Gasteiger partial charge in [-0.1, -0.05) is 0 Å². The van der Waals surface area contributed by atoms with Gasteiger partial charge in [0, 0.05) is 28.2 Å². The van der Waals surface area contributed by atoms with Crippen LogP contribution in [-0.4, -0.2) is 40.5 Å². The summed E-state index contributed by atoms with van der Waals surface area (Å²) >= 11 is 3.39. The average molecular weight is 600 g/mol. The molecule has 2 aromatic heterocycles. The van der Waals surface area contributed by atoms with Gasteiger partial charge >= 0.3 is 0 Å². The normalized spacial score (nSPS) is 23.1. The molecule has 2 saturated carbocycles. The van der Waals surface area contributed by atoms with Gasteiger partial charge in [0.2, 0.25) is 5.91 Å². The highest BCUT2D eigenvalue weighted by Gasteiger charge is 2.67. The summed E-state index contributed by atoms with van der Waals surface area (Å²) < 4.78 is 84.1. The van der Waals surface area contributed by atoms with Crippen molar-refractivity contribution in [3.63, 3.8) is 0 Å². The van der Waals surface area contributed by atoms with Crippen molar-refractivity contribution < 1.29 is 31.1 Å². The number of fused-ring (bicyclic) bond motifs is 2. The number of aliphatic imine (C=N–C) groups is 1. The SMILES string of the molecule is NC(=C1C(=NCC(=O)N[C@@H](Cc2cc(F)cc(F)c2)c2nc3cc[nH]c3cc2Br)C(F)(F)[C@@H]2C[C@H]12)C(F)F. The van der Waals surface area contributed by atoms with Gasteiger partial charge in [0.05, 0.1) is 28.5 Å². The van der Waals surface area contributed by atoms with Gasteiger partial charge in [-0.05, 0) is 64.5 Å². The second-order valence-electron chi connectivity index (χ2n) is 9.27. The minimum Gasteiger partial charge on any atom is -0.397 e. The van der Waals surface area contributed by atoms with Gasteiger partial charge in [0.1, 0.15) is 23.9 Å². The number of carbonyl (C=O) groups is 1. The zero-order valence-electron chi connectivity index (χ0n) is 19.4. The first-order chi connectivity index (χ1) is 18.0. The number of nitrogens with two attached hydrogens (primary N) is 1. The van der Waals surface area contributed by atoms with Crippen LogP contribution in [0.1, 0.15) is 23.7 Å². The molecule has 2 heterocycles. The first-order valence-electron chi connectivity index (χ1n) is 11.5. The summed E-state index contributed by atoms with van der Waals surface area (Å²) in [6.07, 6.45) is -1.55. The van der Waals surface area contributed by atoms with E-state index in [2.05, 4.69) is 36.2 Å². The third kappa shape index (κ3) is 4.91. The number of halogens is 7. The fourth-order valence-electron chi connectivity index (χ4n) is 4.89. The Morgan fingerprint density at radius 2 is 1.95 bits per heavy atom. The summed E-state index contributed by atoms with van der Waals surface area (Å²) in [6, 6.07) is 5.35. The van der Waals surface area contributed by atoms with E-state index in [0.29, 0.717) is 27.3 Å². The summed E-state index contributed by atoms with van der Waals surface area (Å²) in [4.78, 5) is 24.1. The zero-order valence-corrected chi connectivity index (χ0v) is 21.0. The second-order valence-corrected chi connectivity index (χ2v) is 10.1. The zero-order chi connectivity index (χ0) is 27.4. The van der Waals surface area contributed by atoms with Crippen molar-refractivity contribution in [2.24, 2.45) is 22.6 Å². The maximum absolute atomic E-state index is 14.7. The average Bonchev–Trinajstić information content (AvgIpc) is 3.44. The minimum absolute atomic E-state index is 0.0224. The molecular weight excluding hydrogens is 580 g/mol. The van der Waals surface area contributed by atoms with Gasteiger partial charge < -0.3 is 16.0 Å². The lowest BCUT2D eigenvalue weighted by molar-refractivity contribution is -0.120. The van der Waals surface area contributed by atoms with E-state index in [1.54, 1.807) is 18.3 Å². The van der Waals surface area contributed by atoms with Crippen molar-refractivity contribution in [1.29, 1.82) is 0 Å². The third-order valence-electron chi connectivity index (χ3n) is 6.66. The summed E-state index contributed by atoms with van der Waals surface area (Å²) in [5, 5.41) is 2.63. The van der Waals surface area contributed by atoms with Crippen LogP contribution < -0.4 is 11.1 Å². The molecule has 0 saturated heterocycles. The number of aromatic nitrogens is 2. The topological polar surface area (TPSA) is 96.2 Å². The first-order valence-corrected chi connectivity index (χ1v) is 12.3. The molecule has 38 heavy (non-hydrogen) atoms. The molecule has 3 atom stereocenters. The maximum Gasteiger partial charge on any atom is 0.292 e. The molecule has 2 fully saturated rings. The molecule has 1 aromatic carbocycles. The fraction of sp³-hybridized carbons (Fsp3) is 0.320. The van der Waals surface area contributed by atoms with Crippen LogP contribution in [0.5, 0.6) is 0 Å². The van der Waals surface area contributed by atoms with Crippen molar-refractivity contribution in [3.8, 4) is 0 Å². The van der Waals surface area contributed by atoms with Crippen molar-refractivity contribution in [2.45, 2.75) is 31.2 Å². The molecule has 0 radical (unpaired) electrons. The number of H-pyrrole nitrogens is 1. The number of hydrogen-bond acceptors (Lipinski definition) is 4. The number of amides is 1. The highest BCUT2D eigenvalue weighted by atomic mass is 79.9. The van der Waals surface area contributed by atoms with Gasteiger partial charge in [-0.3, -0.25) is 9.79 Å². The number of pyridine rings is 1. The molecule has 200 valence electrons. The molecule has 3 aromatic rings. The molecule has 0 bridgehead atoms. The number of carbonyl (C=O) groups excluding carboxylic acids is 1. The number of nitrogens with one attached hydrogen (secondary N) is 2. The highest BCUT2D eigenvalue weighted by Crippen LogP contribution is 2.61. The number of hydrogen-bond donors (Lipinski definition) is 3. The van der Waals surface area contributed by atoms with Crippen LogP contribution in [-0.2, 0) is 11.2 Å². The Bertz CT molecular complexity index is 1470. The van der Waals surface area contributed by atoms with E-state index in [9.17, 15) is 31.1 Å². The molecule has 13 heteroatoms. The molecule has 1 amide bonds. The number of allylic oxidation sites excluding steroid dienone is 2. The largest absolute Gasteiger partial charge is 0.397 e. The Kier molecular flexibility index (Phi) is 6.74. The standard InChI is InChI=1S/C25H20BrF6N5O/c26-15-8-17-16(1-2-34-17)37-22(15)18(5-10-3-11(27)6-12(28)4-10)36-19(38)9-35-23-20(21(33)24(29)30)13-7-14(13)25(23,31)32/h1-4,6,8,13-14,18,24,34H,5,7,9,33H2,(H,36,38)/t13-,14+,18-/m0/s1. The molecule has 2 aliphatic rings. The summed E-state index contributed by atoms with van der Waals surface area (Å²) in [7, 11) is 0. The molecule has 4 N–H and O–H groups in total. The summed E-state index contributed by atoms with van der Waals surface area (Å²) in [5.74, 6) is -7.92. The highest BCUT2D eigenvalue weighted by molar-refractivity contribution is 9.10. The van der Waals surface area contributed by atoms with Crippen LogP contribution in [0.4, 0.5) is 26.3 Å². The van der Waals surface area contributed by atoms with Crippen LogP contribution >= 0.6 is 15.9 Å². The molecule has 0 aliphatic heterocycles. The van der Waals surface area contributed by atoms with Gasteiger partial charge in [-0.2, -0.15) is 8.78 Å². The van der Waals surface area contributed by atoms with Crippen LogP contribution in [0, 0.1) is 23.5 Å². The van der Waals surface area contributed by atoms with Crippen molar-refractivity contribution in [2.75, 3.05) is 6.54 Å². The predicted octanol–water partition coefficient (Wildman–Crippen LogP) is 5.21. The van der Waals surface area contributed by atoms with Crippen LogP contribution in [0.3, 0.4) is 0 Å². The van der Waals surface area contributed by atoms with Gasteiger partial charge in [-0.15, -0.1) is 0 Å². The van der Waals surface area contributed by atoms with Crippen LogP contribution in [0.2, 0.25) is 0 Å². The Balaban J connectivity index is 1.44. The van der Waals surface area contributed by atoms with Crippen molar-refractivity contribution in [3.05, 3.63) is 75.2 Å².